The maximum absolute atomic E-state index is 10.3. The predicted octanol–water partition coefficient (Wildman–Crippen LogP) is 10.4. The summed E-state index contributed by atoms with van der Waals surface area (Å²) in [7, 11) is 0. The summed E-state index contributed by atoms with van der Waals surface area (Å²) >= 11 is 0. The van der Waals surface area contributed by atoms with Crippen molar-refractivity contribution in [1.82, 2.24) is 10.6 Å². The van der Waals surface area contributed by atoms with Crippen LogP contribution in [-0.2, 0) is 22.7 Å². The highest BCUT2D eigenvalue weighted by atomic mass is 16.1. The minimum absolute atomic E-state index is 0.796. The highest BCUT2D eigenvalue weighted by molar-refractivity contribution is 5.45. The van der Waals surface area contributed by atoms with E-state index in [0.717, 1.165) is 100 Å². The Morgan fingerprint density at radius 1 is 0.404 bits per heavy atom. The molecule has 0 atom stereocenters. The summed E-state index contributed by atoms with van der Waals surface area (Å²) in [6.07, 6.45) is 35.5. The van der Waals surface area contributed by atoms with Crippen molar-refractivity contribution in [2.45, 2.75) is 142 Å². The second-order valence-corrected chi connectivity index (χ2v) is 15.4. The second kappa shape index (κ2) is 32.7. The molecule has 0 aliphatic carbocycles. The average Bonchev–Trinajstić information content (AvgIpc) is 3.13. The second-order valence-electron chi connectivity index (χ2n) is 15.4. The van der Waals surface area contributed by atoms with Crippen molar-refractivity contribution >= 4 is 12.8 Å². The van der Waals surface area contributed by atoms with Crippen LogP contribution in [0.15, 0.2) is 74.9 Å². The molecule has 1 aromatic rings. The average molecular weight is 721 g/mol. The first-order valence-corrected chi connectivity index (χ1v) is 21.1. The van der Waals surface area contributed by atoms with Gasteiger partial charge in [0.1, 0.15) is 13.1 Å². The van der Waals surface area contributed by atoms with E-state index in [1.165, 1.54) is 127 Å². The maximum atomic E-state index is 10.3. The summed E-state index contributed by atoms with van der Waals surface area (Å²) in [5.74, 6) is 0. The first-order valence-electron chi connectivity index (χ1n) is 21.1. The van der Waals surface area contributed by atoms with Crippen molar-refractivity contribution in [2.75, 3.05) is 52.4 Å². The van der Waals surface area contributed by atoms with Gasteiger partial charge in [-0.25, -0.2) is 0 Å². The van der Waals surface area contributed by atoms with Crippen molar-refractivity contribution < 1.29 is 18.6 Å². The third-order valence-corrected chi connectivity index (χ3v) is 10.7. The number of nitrogens with one attached hydrogen (secondary N) is 2. The summed E-state index contributed by atoms with van der Waals surface area (Å²) in [4.78, 5) is 20.6. The largest absolute Gasteiger partial charge is 0.359 e. The smallest absolute Gasteiger partial charge is 0.207 e. The molecular weight excluding hydrogens is 641 g/mol. The van der Waals surface area contributed by atoms with E-state index in [4.69, 9.17) is 0 Å². The third-order valence-electron chi connectivity index (χ3n) is 10.7. The first kappa shape index (κ1) is 47.1. The molecule has 0 bridgehead atoms. The van der Waals surface area contributed by atoms with Gasteiger partial charge in [-0.15, -0.1) is 0 Å². The van der Waals surface area contributed by atoms with Gasteiger partial charge in [0, 0.05) is 24.2 Å². The molecule has 0 aliphatic rings. The van der Waals surface area contributed by atoms with E-state index >= 15 is 0 Å². The van der Waals surface area contributed by atoms with Crippen molar-refractivity contribution in [2.24, 2.45) is 0 Å². The molecule has 6 nitrogen and oxygen atoms in total. The number of benzene rings is 1. The van der Waals surface area contributed by atoms with E-state index in [9.17, 15) is 9.59 Å². The van der Waals surface area contributed by atoms with Crippen molar-refractivity contribution in [1.29, 1.82) is 0 Å². The van der Waals surface area contributed by atoms with Gasteiger partial charge in [0.2, 0.25) is 12.8 Å². The molecule has 6 heteroatoms. The molecule has 2 amide bonds. The Morgan fingerprint density at radius 3 is 0.904 bits per heavy atom. The summed E-state index contributed by atoms with van der Waals surface area (Å²) in [6.45, 7) is 26.4. The van der Waals surface area contributed by atoms with E-state index in [0.29, 0.717) is 0 Å². The molecule has 294 valence electrons. The van der Waals surface area contributed by atoms with Crippen LogP contribution in [0.1, 0.15) is 140 Å². The van der Waals surface area contributed by atoms with Gasteiger partial charge in [0.05, 0.1) is 39.3 Å². The zero-order chi connectivity index (χ0) is 37.9. The lowest BCUT2D eigenvalue weighted by atomic mass is 10.0. The van der Waals surface area contributed by atoms with Crippen LogP contribution >= 0.6 is 0 Å². The number of unbranched alkanes of at least 4 members (excludes halogenated alkanes) is 18. The lowest BCUT2D eigenvalue weighted by molar-refractivity contribution is -0.930. The molecule has 0 spiro atoms. The number of carbonyl (C=O) groups is 2. The van der Waals surface area contributed by atoms with Crippen LogP contribution in [0.25, 0.3) is 0 Å². The van der Waals surface area contributed by atoms with Crippen LogP contribution in [0.2, 0.25) is 0 Å². The van der Waals surface area contributed by atoms with Crippen molar-refractivity contribution in [3.8, 4) is 0 Å². The number of amides is 2. The van der Waals surface area contributed by atoms with Crippen molar-refractivity contribution in [3.63, 3.8) is 0 Å². The summed E-state index contributed by atoms with van der Waals surface area (Å²) < 4.78 is 2.00. The van der Waals surface area contributed by atoms with Gasteiger partial charge in [-0.2, -0.15) is 0 Å². The van der Waals surface area contributed by atoms with Crippen molar-refractivity contribution in [3.05, 3.63) is 86.0 Å². The van der Waals surface area contributed by atoms with Crippen LogP contribution < -0.4 is 10.6 Å². The number of hydrogen-bond acceptors (Lipinski definition) is 2. The Labute approximate surface area is 321 Å². The van der Waals surface area contributed by atoms with Crippen LogP contribution in [0.5, 0.6) is 0 Å². The molecule has 0 aromatic heterocycles. The summed E-state index contributed by atoms with van der Waals surface area (Å²) in [6, 6.07) is 9.47. The monoisotopic (exact) mass is 721 g/mol. The van der Waals surface area contributed by atoms with E-state index in [1.54, 1.807) is 0 Å². The molecule has 2 N–H and O–H groups in total. The molecule has 0 saturated heterocycles. The predicted molar refractivity (Wildman–Crippen MR) is 225 cm³/mol. The molecule has 0 unspecified atom stereocenters. The molecular formula is C46H80N4O2+2. The molecule has 0 saturated carbocycles. The Balaban J connectivity index is 2.56. The van der Waals surface area contributed by atoms with E-state index in [-0.39, 0.29) is 0 Å². The SMILES string of the molecule is C=CC[N+](CC=C)(CCCCCCCCCCCCNC=O)Cc1ccc(C[N+](CC=C)(CC=C)CCCCCCCCCCCCNC=O)cc1. The van der Waals surface area contributed by atoms with E-state index in [2.05, 4.69) is 85.5 Å². The first-order chi connectivity index (χ1) is 25.5. The zero-order valence-corrected chi connectivity index (χ0v) is 33.5. The Hall–Kier alpha value is -2.96. The fourth-order valence-corrected chi connectivity index (χ4v) is 7.85. The molecule has 0 fully saturated rings. The fraction of sp³-hybridized carbons (Fsp3) is 0.652. The highest BCUT2D eigenvalue weighted by Crippen LogP contribution is 2.22. The topological polar surface area (TPSA) is 58.2 Å². The molecule has 0 heterocycles. The molecule has 0 radical (unpaired) electrons. The fourth-order valence-electron chi connectivity index (χ4n) is 7.85. The summed E-state index contributed by atoms with van der Waals surface area (Å²) in [5.41, 5.74) is 2.80. The van der Waals surface area contributed by atoms with Gasteiger partial charge in [0.15, 0.2) is 0 Å². The van der Waals surface area contributed by atoms with Crippen LogP contribution in [0.4, 0.5) is 0 Å². The minimum atomic E-state index is 0.796. The lowest BCUT2D eigenvalue weighted by Gasteiger charge is -2.38. The van der Waals surface area contributed by atoms with Crippen LogP contribution in [0, 0.1) is 0 Å². The number of quaternary nitrogens is 2. The zero-order valence-electron chi connectivity index (χ0n) is 33.5. The number of nitrogens with zero attached hydrogens (tertiary/aromatic N) is 2. The van der Waals surface area contributed by atoms with Gasteiger partial charge in [-0.05, 0) is 62.8 Å². The summed E-state index contributed by atoms with van der Waals surface area (Å²) in [5, 5.41) is 5.50. The molecule has 1 rings (SSSR count). The normalized spacial score (nSPS) is 11.5. The quantitative estimate of drug-likeness (QED) is 0.0307. The van der Waals surface area contributed by atoms with Gasteiger partial charge in [-0.3, -0.25) is 9.59 Å². The van der Waals surface area contributed by atoms with Crippen LogP contribution in [-0.4, -0.2) is 74.1 Å². The lowest BCUT2D eigenvalue weighted by Crippen LogP contribution is -2.48. The Morgan fingerprint density at radius 2 is 0.654 bits per heavy atom. The van der Waals surface area contributed by atoms with E-state index < -0.39 is 0 Å². The minimum Gasteiger partial charge on any atom is -0.359 e. The molecule has 1 aromatic carbocycles. The molecule has 0 aliphatic heterocycles. The molecule has 52 heavy (non-hydrogen) atoms. The van der Waals surface area contributed by atoms with Gasteiger partial charge in [0.25, 0.3) is 0 Å². The third kappa shape index (κ3) is 23.6. The number of rotatable bonds is 40. The van der Waals surface area contributed by atoms with Gasteiger partial charge < -0.3 is 19.6 Å². The van der Waals surface area contributed by atoms with Crippen LogP contribution in [0.3, 0.4) is 0 Å². The van der Waals surface area contributed by atoms with Gasteiger partial charge in [-0.1, -0.05) is 140 Å². The standard InChI is InChI=1S/C46H78N4O2/c1-5-35-49(36-6-2,39-27-23-19-15-11-9-13-17-21-25-33-47-43-51)41-45-29-31-46(32-30-45)42-50(37-7-3,38-8-4)40-28-24-20-16-12-10-14-18-22-26-34-48-44-52/h5-8,29-32,43-44H,1-4,9-28,33-42H2/p+2. The highest BCUT2D eigenvalue weighted by Gasteiger charge is 2.27. The number of carbonyl (C=O) groups excluding carboxylic acids is 2. The Bertz CT molecular complexity index is 950. The van der Waals surface area contributed by atoms with E-state index in [1.807, 2.05) is 0 Å². The maximum Gasteiger partial charge on any atom is 0.207 e. The number of hydrogen-bond donors (Lipinski definition) is 2. The van der Waals surface area contributed by atoms with Gasteiger partial charge >= 0.3 is 0 Å². The Kier molecular flexibility index (Phi) is 29.6.